The summed E-state index contributed by atoms with van der Waals surface area (Å²) in [4.78, 5) is 11.0. The Bertz CT molecular complexity index is 692. The molecule has 0 bridgehead atoms. The fourth-order valence-electron chi connectivity index (χ4n) is 2.71. The number of benzene rings is 1. The third-order valence-electron chi connectivity index (χ3n) is 4.10. The first-order valence-corrected chi connectivity index (χ1v) is 8.70. The summed E-state index contributed by atoms with van der Waals surface area (Å²) in [5.74, 6) is -0.652. The van der Waals surface area contributed by atoms with Crippen molar-refractivity contribution in [2.24, 2.45) is 5.92 Å². The number of carbonyl (C=O) groups is 1. The summed E-state index contributed by atoms with van der Waals surface area (Å²) in [7, 11) is -0.878. The Hall–Kier alpha value is -1.80. The van der Waals surface area contributed by atoms with E-state index < -0.39 is 21.9 Å². The highest BCUT2D eigenvalue weighted by Crippen LogP contribution is 2.34. The van der Waals surface area contributed by atoms with E-state index in [0.717, 1.165) is 5.56 Å². The molecule has 1 fully saturated rings. The van der Waals surface area contributed by atoms with Gasteiger partial charge in [-0.05, 0) is 31.4 Å². The van der Waals surface area contributed by atoms with Crippen LogP contribution in [0.5, 0.6) is 11.5 Å². The monoisotopic (exact) mass is 343 g/mol. The van der Waals surface area contributed by atoms with Gasteiger partial charge >= 0.3 is 5.97 Å². The minimum absolute atomic E-state index is 0.0382. The number of carboxylic acids is 1. The molecule has 1 N–H and O–H groups in total. The predicted molar refractivity (Wildman–Crippen MR) is 83.4 cm³/mol. The van der Waals surface area contributed by atoms with Crippen molar-refractivity contribution in [1.82, 2.24) is 4.31 Å². The first kappa shape index (κ1) is 17.6. The van der Waals surface area contributed by atoms with Crippen molar-refractivity contribution in [3.8, 4) is 11.5 Å². The van der Waals surface area contributed by atoms with E-state index in [1.54, 1.807) is 13.0 Å². The maximum absolute atomic E-state index is 12.9. The lowest BCUT2D eigenvalue weighted by molar-refractivity contribution is -0.142. The number of piperidine rings is 1. The summed E-state index contributed by atoms with van der Waals surface area (Å²) in [5, 5.41) is 9.02. The number of carboxylic acid groups (broad SMARTS) is 1. The minimum atomic E-state index is -3.77. The third-order valence-corrected chi connectivity index (χ3v) is 6.02. The first-order valence-electron chi connectivity index (χ1n) is 7.26. The average molecular weight is 343 g/mol. The van der Waals surface area contributed by atoms with Crippen molar-refractivity contribution in [3.63, 3.8) is 0 Å². The number of methoxy groups -OCH3 is 2. The van der Waals surface area contributed by atoms with Crippen molar-refractivity contribution in [2.45, 2.75) is 24.7 Å². The van der Waals surface area contributed by atoms with E-state index in [1.807, 2.05) is 0 Å². The lowest BCUT2D eigenvalue weighted by Gasteiger charge is -2.29. The van der Waals surface area contributed by atoms with E-state index in [4.69, 9.17) is 14.6 Å². The molecule has 0 aromatic heterocycles. The Balaban J connectivity index is 2.35. The molecular weight excluding hydrogens is 322 g/mol. The van der Waals surface area contributed by atoms with E-state index >= 15 is 0 Å². The van der Waals surface area contributed by atoms with Crippen molar-refractivity contribution in [3.05, 3.63) is 17.7 Å². The molecule has 0 saturated carbocycles. The second kappa shape index (κ2) is 6.76. The van der Waals surface area contributed by atoms with E-state index in [9.17, 15) is 13.2 Å². The van der Waals surface area contributed by atoms with Crippen LogP contribution in [-0.2, 0) is 14.8 Å². The largest absolute Gasteiger partial charge is 0.496 e. The van der Waals surface area contributed by atoms with Gasteiger partial charge in [0.2, 0.25) is 10.0 Å². The van der Waals surface area contributed by atoms with Crippen LogP contribution in [0.25, 0.3) is 0 Å². The zero-order chi connectivity index (χ0) is 17.2. The third kappa shape index (κ3) is 3.42. The first-order chi connectivity index (χ1) is 10.8. The van der Waals surface area contributed by atoms with Crippen molar-refractivity contribution in [2.75, 3.05) is 27.3 Å². The number of sulfonamides is 1. The van der Waals surface area contributed by atoms with Crippen LogP contribution in [0.15, 0.2) is 17.0 Å². The Morgan fingerprint density at radius 2 is 1.74 bits per heavy atom. The number of nitrogens with zero attached hydrogens (tertiary/aromatic N) is 1. The highest BCUT2D eigenvalue weighted by molar-refractivity contribution is 7.89. The highest BCUT2D eigenvalue weighted by atomic mass is 32.2. The summed E-state index contributed by atoms with van der Waals surface area (Å²) in [6.07, 6.45) is 0.611. The van der Waals surface area contributed by atoms with Gasteiger partial charge < -0.3 is 14.6 Å². The van der Waals surface area contributed by atoms with E-state index in [2.05, 4.69) is 0 Å². The molecule has 0 amide bonds. The Labute approximate surface area is 135 Å². The molecule has 0 atom stereocenters. The van der Waals surface area contributed by atoms with Gasteiger partial charge in [-0.2, -0.15) is 4.31 Å². The number of ether oxygens (including phenoxy) is 2. The molecule has 23 heavy (non-hydrogen) atoms. The molecule has 0 aliphatic carbocycles. The predicted octanol–water partition coefficient (Wildman–Crippen LogP) is 1.50. The molecule has 2 rings (SSSR count). The summed E-state index contributed by atoms with van der Waals surface area (Å²) in [6, 6.07) is 3.07. The van der Waals surface area contributed by atoms with Crippen molar-refractivity contribution < 1.29 is 27.8 Å². The molecule has 1 saturated heterocycles. The normalized spacial score (nSPS) is 17.0. The van der Waals surface area contributed by atoms with Crippen LogP contribution in [0.4, 0.5) is 0 Å². The molecule has 128 valence electrons. The lowest BCUT2D eigenvalue weighted by atomic mass is 9.99. The lowest BCUT2D eigenvalue weighted by Crippen LogP contribution is -2.40. The fraction of sp³-hybridized carbons (Fsp3) is 0.533. The number of hydrogen-bond acceptors (Lipinski definition) is 5. The smallest absolute Gasteiger partial charge is 0.306 e. The van der Waals surface area contributed by atoms with Crippen LogP contribution in [0.1, 0.15) is 18.4 Å². The summed E-state index contributed by atoms with van der Waals surface area (Å²) < 4.78 is 37.4. The molecular formula is C15H21NO6S. The molecule has 7 nitrogen and oxygen atoms in total. The molecule has 1 aromatic rings. The molecule has 1 aliphatic rings. The average Bonchev–Trinajstić information content (AvgIpc) is 2.54. The van der Waals surface area contributed by atoms with Gasteiger partial charge in [0.25, 0.3) is 0 Å². The van der Waals surface area contributed by atoms with Gasteiger partial charge in [0, 0.05) is 19.2 Å². The topological polar surface area (TPSA) is 93.1 Å². The summed E-state index contributed by atoms with van der Waals surface area (Å²) in [6.45, 7) is 2.16. The SMILES string of the molecule is COc1cc(S(=O)(=O)N2CCC(C(=O)O)CC2)c(OC)cc1C. The molecule has 1 heterocycles. The van der Waals surface area contributed by atoms with Crippen LogP contribution in [0.3, 0.4) is 0 Å². The Kier molecular flexibility index (Phi) is 5.16. The number of aryl methyl sites for hydroxylation is 1. The quantitative estimate of drug-likeness (QED) is 0.871. The zero-order valence-electron chi connectivity index (χ0n) is 13.4. The van der Waals surface area contributed by atoms with Crippen molar-refractivity contribution in [1.29, 1.82) is 0 Å². The van der Waals surface area contributed by atoms with Crippen LogP contribution in [0.2, 0.25) is 0 Å². The number of rotatable bonds is 5. The molecule has 0 unspecified atom stereocenters. The van der Waals surface area contributed by atoms with E-state index in [0.29, 0.717) is 18.6 Å². The highest BCUT2D eigenvalue weighted by Gasteiger charge is 2.34. The minimum Gasteiger partial charge on any atom is -0.496 e. The van der Waals surface area contributed by atoms with Gasteiger partial charge in [-0.3, -0.25) is 4.79 Å². The van der Waals surface area contributed by atoms with Crippen molar-refractivity contribution >= 4 is 16.0 Å². The van der Waals surface area contributed by atoms with Gasteiger partial charge in [0.1, 0.15) is 16.4 Å². The van der Waals surface area contributed by atoms with Crippen LogP contribution >= 0.6 is 0 Å². The molecule has 1 aliphatic heterocycles. The van der Waals surface area contributed by atoms with Crippen LogP contribution in [0, 0.1) is 12.8 Å². The fourth-order valence-corrected chi connectivity index (χ4v) is 4.33. The zero-order valence-corrected chi connectivity index (χ0v) is 14.2. The second-order valence-electron chi connectivity index (χ2n) is 5.49. The molecule has 0 spiro atoms. The second-order valence-corrected chi connectivity index (χ2v) is 7.40. The van der Waals surface area contributed by atoms with E-state index in [1.165, 1.54) is 24.6 Å². The standard InChI is InChI=1S/C15H21NO6S/c1-10-8-13(22-3)14(9-12(10)21-2)23(19,20)16-6-4-11(5-7-16)15(17)18/h8-9,11H,4-7H2,1-3H3,(H,17,18). The van der Waals surface area contributed by atoms with E-state index in [-0.39, 0.29) is 23.7 Å². The van der Waals surface area contributed by atoms with Gasteiger partial charge in [-0.1, -0.05) is 0 Å². The number of aliphatic carboxylic acids is 1. The van der Waals surface area contributed by atoms with Gasteiger partial charge in [0.15, 0.2) is 0 Å². The summed E-state index contributed by atoms with van der Waals surface area (Å²) >= 11 is 0. The van der Waals surface area contributed by atoms with Gasteiger partial charge in [0.05, 0.1) is 20.1 Å². The molecule has 0 radical (unpaired) electrons. The Morgan fingerprint density at radius 1 is 1.17 bits per heavy atom. The maximum atomic E-state index is 12.9. The number of hydrogen-bond donors (Lipinski definition) is 1. The van der Waals surface area contributed by atoms with Crippen LogP contribution in [-0.4, -0.2) is 51.1 Å². The van der Waals surface area contributed by atoms with Gasteiger partial charge in [-0.25, -0.2) is 8.42 Å². The maximum Gasteiger partial charge on any atom is 0.306 e. The van der Waals surface area contributed by atoms with Crippen LogP contribution < -0.4 is 9.47 Å². The Morgan fingerprint density at radius 3 is 2.22 bits per heavy atom. The molecule has 8 heteroatoms. The molecule has 1 aromatic carbocycles. The van der Waals surface area contributed by atoms with Gasteiger partial charge in [-0.15, -0.1) is 0 Å². The summed E-state index contributed by atoms with van der Waals surface area (Å²) in [5.41, 5.74) is 0.771.